The Morgan fingerprint density at radius 3 is 1.32 bits per heavy atom. The Balaban J connectivity index is 1.56. The molecule has 1 aliphatic rings. The van der Waals surface area contributed by atoms with E-state index < -0.39 is 0 Å². The van der Waals surface area contributed by atoms with Crippen LogP contribution in [-0.4, -0.2) is 11.6 Å². The first kappa shape index (κ1) is 27.4. The first-order valence-electron chi connectivity index (χ1n) is 14.5. The molecule has 4 heteroatoms. The molecule has 0 saturated carbocycles. The molecule has 0 saturated heterocycles. The molecule has 5 rings (SSSR count). The van der Waals surface area contributed by atoms with E-state index in [4.69, 9.17) is 0 Å². The number of benzene rings is 4. The van der Waals surface area contributed by atoms with Crippen LogP contribution in [0.25, 0.3) is 0 Å². The van der Waals surface area contributed by atoms with Crippen LogP contribution in [0.3, 0.4) is 0 Å². The highest BCUT2D eigenvalue weighted by molar-refractivity contribution is 6.32. The van der Waals surface area contributed by atoms with Crippen molar-refractivity contribution < 1.29 is 9.59 Å². The highest BCUT2D eigenvalue weighted by Gasteiger charge is 2.34. The zero-order chi connectivity index (χ0) is 28.2. The summed E-state index contributed by atoms with van der Waals surface area (Å²) in [5, 5.41) is 6.99. The molecule has 2 N–H and O–H groups in total. The molecule has 4 aromatic rings. The Labute approximate surface area is 237 Å². The van der Waals surface area contributed by atoms with E-state index >= 15 is 0 Å². The summed E-state index contributed by atoms with van der Waals surface area (Å²) >= 11 is 0. The fraction of sp³-hybridized carbons (Fsp3) is 0.278. The molecule has 40 heavy (non-hydrogen) atoms. The molecular weight excluding hydrogens is 492 g/mol. The first-order valence-corrected chi connectivity index (χ1v) is 14.5. The summed E-state index contributed by atoms with van der Waals surface area (Å²) in [5.74, 6) is -0.277. The molecule has 0 bridgehead atoms. The summed E-state index contributed by atoms with van der Waals surface area (Å²) in [7, 11) is 0. The van der Waals surface area contributed by atoms with Crippen LogP contribution in [0.4, 0.5) is 22.7 Å². The zero-order valence-electron chi connectivity index (χ0n) is 24.0. The second-order valence-electron chi connectivity index (χ2n) is 10.9. The Hall–Kier alpha value is -4.18. The summed E-state index contributed by atoms with van der Waals surface area (Å²) in [6.07, 6.45) is 6.74. The van der Waals surface area contributed by atoms with Crippen molar-refractivity contribution in [3.8, 4) is 0 Å². The number of carbonyl (C=O) groups is 2. The molecule has 0 heterocycles. The minimum atomic E-state index is -0.139. The van der Waals surface area contributed by atoms with E-state index in [0.717, 1.165) is 61.0 Å². The standard InChI is InChI=1S/C36H38N2O2/c1-5-7-11-25-15-17-29(23(3)21-25)37-31-19-20-32(38-30-18-16-26(12-8-6-2)22-24(30)4)34-33(31)35(39)27-13-9-10-14-28(27)36(34)40/h9-10,13-22,37-38H,5-8,11-12H2,1-4H3. The average Bonchev–Trinajstić information content (AvgIpc) is 2.96. The van der Waals surface area contributed by atoms with Gasteiger partial charge >= 0.3 is 0 Å². The topological polar surface area (TPSA) is 58.2 Å². The van der Waals surface area contributed by atoms with Crippen LogP contribution in [0.2, 0.25) is 0 Å². The van der Waals surface area contributed by atoms with Crippen molar-refractivity contribution in [1.82, 2.24) is 0 Å². The predicted octanol–water partition coefficient (Wildman–Crippen LogP) is 9.25. The molecule has 0 aliphatic heterocycles. The first-order chi connectivity index (χ1) is 19.4. The fourth-order valence-corrected chi connectivity index (χ4v) is 5.53. The van der Waals surface area contributed by atoms with Crippen molar-refractivity contribution in [1.29, 1.82) is 0 Å². The average molecular weight is 531 g/mol. The van der Waals surface area contributed by atoms with Gasteiger partial charge in [-0.3, -0.25) is 9.59 Å². The number of rotatable bonds is 10. The number of anilines is 4. The molecule has 4 aromatic carbocycles. The lowest BCUT2D eigenvalue weighted by Crippen LogP contribution is -2.23. The van der Waals surface area contributed by atoms with Crippen molar-refractivity contribution >= 4 is 34.3 Å². The van der Waals surface area contributed by atoms with Gasteiger partial charge < -0.3 is 10.6 Å². The second kappa shape index (κ2) is 11.9. The molecule has 0 unspecified atom stereocenters. The van der Waals surface area contributed by atoms with Crippen LogP contribution >= 0.6 is 0 Å². The lowest BCUT2D eigenvalue weighted by atomic mass is 9.82. The monoisotopic (exact) mass is 530 g/mol. The predicted molar refractivity (Wildman–Crippen MR) is 166 cm³/mol. The van der Waals surface area contributed by atoms with E-state index in [2.05, 4.69) is 74.7 Å². The van der Waals surface area contributed by atoms with Gasteiger partial charge in [0.1, 0.15) is 0 Å². The number of unbranched alkanes of at least 4 members (excludes halogenated alkanes) is 2. The number of nitrogens with one attached hydrogen (secondary N) is 2. The van der Waals surface area contributed by atoms with Crippen LogP contribution in [0.15, 0.2) is 72.8 Å². The van der Waals surface area contributed by atoms with Crippen molar-refractivity contribution in [2.24, 2.45) is 0 Å². The van der Waals surface area contributed by atoms with Gasteiger partial charge in [0.25, 0.3) is 0 Å². The summed E-state index contributed by atoms with van der Waals surface area (Å²) in [4.78, 5) is 27.8. The number of hydrogen-bond donors (Lipinski definition) is 2. The second-order valence-corrected chi connectivity index (χ2v) is 10.9. The Bertz CT molecular complexity index is 1470. The van der Waals surface area contributed by atoms with Crippen LogP contribution in [0.1, 0.15) is 93.6 Å². The van der Waals surface area contributed by atoms with Gasteiger partial charge in [-0.1, -0.05) is 75.2 Å². The Kier molecular flexibility index (Phi) is 8.16. The summed E-state index contributed by atoms with van der Waals surface area (Å²) in [6, 6.07) is 23.8. The van der Waals surface area contributed by atoms with E-state index in [1.165, 1.54) is 11.1 Å². The number of carbonyl (C=O) groups excluding carboxylic acids is 2. The highest BCUT2D eigenvalue weighted by Crippen LogP contribution is 2.39. The third-order valence-corrected chi connectivity index (χ3v) is 7.83. The summed E-state index contributed by atoms with van der Waals surface area (Å²) in [6.45, 7) is 8.56. The maximum absolute atomic E-state index is 13.9. The maximum Gasteiger partial charge on any atom is 0.196 e. The molecule has 204 valence electrons. The lowest BCUT2D eigenvalue weighted by Gasteiger charge is -2.25. The van der Waals surface area contributed by atoms with E-state index in [9.17, 15) is 9.59 Å². The molecule has 0 amide bonds. The van der Waals surface area contributed by atoms with Gasteiger partial charge in [-0.25, -0.2) is 0 Å². The quantitative estimate of drug-likeness (QED) is 0.189. The van der Waals surface area contributed by atoms with Crippen LogP contribution in [0, 0.1) is 13.8 Å². The lowest BCUT2D eigenvalue weighted by molar-refractivity contribution is 0.0980. The van der Waals surface area contributed by atoms with Crippen LogP contribution in [0.5, 0.6) is 0 Å². The third kappa shape index (κ3) is 5.44. The van der Waals surface area contributed by atoms with Gasteiger partial charge in [-0.2, -0.15) is 0 Å². The molecular formula is C36H38N2O2. The molecule has 0 atom stereocenters. The van der Waals surface area contributed by atoms with E-state index in [1.807, 2.05) is 24.3 Å². The molecule has 4 nitrogen and oxygen atoms in total. The van der Waals surface area contributed by atoms with Gasteiger partial charge in [0.05, 0.1) is 22.5 Å². The van der Waals surface area contributed by atoms with Gasteiger partial charge in [-0.05, 0) is 86.1 Å². The Morgan fingerprint density at radius 1 is 0.550 bits per heavy atom. The molecule has 1 aliphatic carbocycles. The van der Waals surface area contributed by atoms with Gasteiger partial charge in [-0.15, -0.1) is 0 Å². The smallest absolute Gasteiger partial charge is 0.196 e. The largest absolute Gasteiger partial charge is 0.355 e. The Morgan fingerprint density at radius 2 is 0.950 bits per heavy atom. The normalized spacial score (nSPS) is 12.2. The minimum absolute atomic E-state index is 0.139. The fourth-order valence-electron chi connectivity index (χ4n) is 5.53. The summed E-state index contributed by atoms with van der Waals surface area (Å²) in [5.41, 5.74) is 9.71. The minimum Gasteiger partial charge on any atom is -0.355 e. The van der Waals surface area contributed by atoms with Crippen molar-refractivity contribution in [3.63, 3.8) is 0 Å². The number of ketones is 2. The third-order valence-electron chi connectivity index (χ3n) is 7.83. The van der Waals surface area contributed by atoms with E-state index in [1.54, 1.807) is 12.1 Å². The van der Waals surface area contributed by atoms with Gasteiger partial charge in [0.15, 0.2) is 11.6 Å². The highest BCUT2D eigenvalue weighted by atomic mass is 16.1. The van der Waals surface area contributed by atoms with Crippen molar-refractivity contribution in [2.45, 2.75) is 66.2 Å². The van der Waals surface area contributed by atoms with Crippen molar-refractivity contribution in [3.05, 3.63) is 117 Å². The van der Waals surface area contributed by atoms with E-state index in [-0.39, 0.29) is 11.6 Å². The molecule has 0 fully saturated rings. The number of aryl methyl sites for hydroxylation is 4. The maximum atomic E-state index is 13.9. The number of hydrogen-bond acceptors (Lipinski definition) is 4. The molecule has 0 aromatic heterocycles. The number of fused-ring (bicyclic) bond motifs is 2. The van der Waals surface area contributed by atoms with Crippen LogP contribution < -0.4 is 10.6 Å². The van der Waals surface area contributed by atoms with Crippen LogP contribution in [-0.2, 0) is 12.8 Å². The van der Waals surface area contributed by atoms with Gasteiger partial charge in [0, 0.05) is 22.5 Å². The van der Waals surface area contributed by atoms with Crippen molar-refractivity contribution in [2.75, 3.05) is 10.6 Å². The van der Waals surface area contributed by atoms with E-state index in [0.29, 0.717) is 33.6 Å². The molecule has 0 radical (unpaired) electrons. The molecule has 0 spiro atoms. The summed E-state index contributed by atoms with van der Waals surface area (Å²) < 4.78 is 0. The SMILES string of the molecule is CCCCc1ccc(Nc2ccc(Nc3ccc(CCCC)cc3C)c3c2C(=O)c2ccccc2C3=O)c(C)c1. The zero-order valence-corrected chi connectivity index (χ0v) is 24.0. The van der Waals surface area contributed by atoms with Gasteiger partial charge in [0.2, 0.25) is 0 Å².